The Morgan fingerprint density at radius 3 is 2.00 bits per heavy atom. The first-order valence-corrected chi connectivity index (χ1v) is 5.32. The predicted octanol–water partition coefficient (Wildman–Crippen LogP) is 1.73. The van der Waals surface area contributed by atoms with E-state index in [9.17, 15) is 9.59 Å². The van der Waals surface area contributed by atoms with Crippen molar-refractivity contribution in [1.82, 2.24) is 4.98 Å². The molecule has 1 heterocycles. The van der Waals surface area contributed by atoms with Gasteiger partial charge in [0, 0.05) is 5.69 Å². The molecule has 0 saturated carbocycles. The van der Waals surface area contributed by atoms with E-state index in [1.807, 2.05) is 0 Å². The van der Waals surface area contributed by atoms with Crippen LogP contribution in [0.15, 0.2) is 36.4 Å². The standard InChI is InChI=1S/C13H10N2O4/c14-9-3-1-2-7(4-9)8-5-10(12(16)17)15-11(6-8)13(18)19/h1-6H,14H2,(H,16,17)(H,18,19). The van der Waals surface area contributed by atoms with Gasteiger partial charge in [-0.3, -0.25) is 0 Å². The monoisotopic (exact) mass is 258 g/mol. The minimum Gasteiger partial charge on any atom is -0.477 e. The Balaban J connectivity index is 2.62. The normalized spacial score (nSPS) is 10.1. The van der Waals surface area contributed by atoms with Crippen LogP contribution in [0, 0.1) is 0 Å². The quantitative estimate of drug-likeness (QED) is 0.722. The Morgan fingerprint density at radius 2 is 1.53 bits per heavy atom. The second-order valence-corrected chi connectivity index (χ2v) is 3.86. The van der Waals surface area contributed by atoms with Crippen molar-refractivity contribution in [1.29, 1.82) is 0 Å². The van der Waals surface area contributed by atoms with Crippen LogP contribution >= 0.6 is 0 Å². The highest BCUT2D eigenvalue weighted by molar-refractivity contribution is 5.92. The van der Waals surface area contributed by atoms with Crippen molar-refractivity contribution >= 4 is 17.6 Å². The Kier molecular flexibility index (Phi) is 3.15. The second-order valence-electron chi connectivity index (χ2n) is 3.86. The minimum atomic E-state index is -1.28. The fourth-order valence-corrected chi connectivity index (χ4v) is 1.63. The predicted molar refractivity (Wildman–Crippen MR) is 68.0 cm³/mol. The van der Waals surface area contributed by atoms with Gasteiger partial charge in [0.1, 0.15) is 11.4 Å². The van der Waals surface area contributed by atoms with E-state index in [2.05, 4.69) is 4.98 Å². The second kappa shape index (κ2) is 4.77. The zero-order valence-corrected chi connectivity index (χ0v) is 9.70. The average molecular weight is 258 g/mol. The van der Waals surface area contributed by atoms with E-state index in [0.29, 0.717) is 16.8 Å². The molecule has 19 heavy (non-hydrogen) atoms. The topological polar surface area (TPSA) is 114 Å². The molecule has 0 unspecified atom stereocenters. The largest absolute Gasteiger partial charge is 0.477 e. The van der Waals surface area contributed by atoms with Crippen molar-refractivity contribution < 1.29 is 19.8 Å². The number of carboxylic acid groups (broad SMARTS) is 2. The van der Waals surface area contributed by atoms with Crippen LogP contribution in [-0.2, 0) is 0 Å². The van der Waals surface area contributed by atoms with Gasteiger partial charge in [0.2, 0.25) is 0 Å². The lowest BCUT2D eigenvalue weighted by Crippen LogP contribution is -2.07. The molecule has 0 atom stereocenters. The fraction of sp³-hybridized carbons (Fsp3) is 0. The molecule has 0 bridgehead atoms. The highest BCUT2D eigenvalue weighted by Gasteiger charge is 2.14. The number of pyridine rings is 1. The first-order valence-electron chi connectivity index (χ1n) is 5.32. The van der Waals surface area contributed by atoms with Gasteiger partial charge in [-0.15, -0.1) is 0 Å². The molecule has 0 spiro atoms. The molecule has 96 valence electrons. The molecule has 0 aliphatic heterocycles. The number of nitrogen functional groups attached to an aromatic ring is 1. The lowest BCUT2D eigenvalue weighted by Gasteiger charge is -2.05. The van der Waals surface area contributed by atoms with Gasteiger partial charge in [-0.05, 0) is 35.4 Å². The van der Waals surface area contributed by atoms with Crippen molar-refractivity contribution in [3.05, 3.63) is 47.8 Å². The van der Waals surface area contributed by atoms with Crippen molar-refractivity contribution in [2.24, 2.45) is 0 Å². The number of aromatic nitrogens is 1. The van der Waals surface area contributed by atoms with E-state index in [1.54, 1.807) is 24.3 Å². The first kappa shape index (κ1) is 12.6. The number of anilines is 1. The molecule has 4 N–H and O–H groups in total. The number of hydrogen-bond acceptors (Lipinski definition) is 4. The summed E-state index contributed by atoms with van der Waals surface area (Å²) in [7, 11) is 0. The van der Waals surface area contributed by atoms with Gasteiger partial charge >= 0.3 is 11.9 Å². The van der Waals surface area contributed by atoms with Crippen molar-refractivity contribution in [2.75, 3.05) is 5.73 Å². The minimum absolute atomic E-state index is 0.322. The summed E-state index contributed by atoms with van der Waals surface area (Å²) in [5.74, 6) is -2.57. The van der Waals surface area contributed by atoms with Gasteiger partial charge in [-0.1, -0.05) is 12.1 Å². The van der Waals surface area contributed by atoms with Crippen LogP contribution in [0.1, 0.15) is 21.0 Å². The maximum Gasteiger partial charge on any atom is 0.354 e. The Morgan fingerprint density at radius 1 is 0.947 bits per heavy atom. The molecule has 0 amide bonds. The first-order chi connectivity index (χ1) is 8.97. The maximum absolute atomic E-state index is 10.9. The molecule has 1 aromatic carbocycles. The van der Waals surface area contributed by atoms with Gasteiger partial charge in [-0.25, -0.2) is 14.6 Å². The summed E-state index contributed by atoms with van der Waals surface area (Å²) in [6.07, 6.45) is 0. The number of rotatable bonds is 3. The van der Waals surface area contributed by atoms with Gasteiger partial charge in [-0.2, -0.15) is 0 Å². The number of nitrogens with zero attached hydrogens (tertiary/aromatic N) is 1. The molecule has 2 rings (SSSR count). The van der Waals surface area contributed by atoms with Crippen LogP contribution in [0.2, 0.25) is 0 Å². The van der Waals surface area contributed by atoms with E-state index in [-0.39, 0.29) is 11.4 Å². The number of aromatic carboxylic acids is 2. The van der Waals surface area contributed by atoms with Crippen LogP contribution in [0.25, 0.3) is 11.1 Å². The molecule has 1 aromatic heterocycles. The third-order valence-corrected chi connectivity index (χ3v) is 2.48. The molecule has 2 aromatic rings. The third-order valence-electron chi connectivity index (χ3n) is 2.48. The number of carboxylic acids is 2. The van der Waals surface area contributed by atoms with E-state index in [0.717, 1.165) is 0 Å². The summed E-state index contributed by atoms with van der Waals surface area (Å²) in [6, 6.07) is 9.34. The molecule has 0 radical (unpaired) electrons. The third kappa shape index (κ3) is 2.68. The lowest BCUT2D eigenvalue weighted by molar-refractivity contribution is 0.0685. The van der Waals surface area contributed by atoms with Crippen LogP contribution in [0.4, 0.5) is 5.69 Å². The van der Waals surface area contributed by atoms with Crippen LogP contribution < -0.4 is 5.73 Å². The Labute approximate surface area is 108 Å². The molecular formula is C13H10N2O4. The van der Waals surface area contributed by atoms with Gasteiger partial charge in [0.05, 0.1) is 0 Å². The number of nitrogens with two attached hydrogens (primary N) is 1. The summed E-state index contributed by atoms with van der Waals surface area (Å²) >= 11 is 0. The van der Waals surface area contributed by atoms with E-state index in [1.165, 1.54) is 12.1 Å². The lowest BCUT2D eigenvalue weighted by atomic mass is 10.0. The molecule has 6 nitrogen and oxygen atoms in total. The smallest absolute Gasteiger partial charge is 0.354 e. The van der Waals surface area contributed by atoms with Gasteiger partial charge in [0.25, 0.3) is 0 Å². The number of hydrogen-bond donors (Lipinski definition) is 3. The molecule has 0 fully saturated rings. The molecular weight excluding hydrogens is 248 g/mol. The SMILES string of the molecule is Nc1cccc(-c2cc(C(=O)O)nc(C(=O)O)c2)c1. The van der Waals surface area contributed by atoms with Gasteiger partial charge in [0.15, 0.2) is 0 Å². The summed E-state index contributed by atoms with van der Waals surface area (Å²) in [5.41, 5.74) is 6.58. The zero-order chi connectivity index (χ0) is 14.0. The highest BCUT2D eigenvalue weighted by atomic mass is 16.4. The van der Waals surface area contributed by atoms with Gasteiger partial charge < -0.3 is 15.9 Å². The summed E-state index contributed by atoms with van der Waals surface area (Å²) in [6.45, 7) is 0. The fourth-order valence-electron chi connectivity index (χ4n) is 1.63. The van der Waals surface area contributed by atoms with Crippen LogP contribution in [0.3, 0.4) is 0 Å². The summed E-state index contributed by atoms with van der Waals surface area (Å²) in [4.78, 5) is 25.4. The molecule has 6 heteroatoms. The summed E-state index contributed by atoms with van der Waals surface area (Å²) < 4.78 is 0. The summed E-state index contributed by atoms with van der Waals surface area (Å²) in [5, 5.41) is 17.9. The maximum atomic E-state index is 10.9. The molecule has 0 aliphatic carbocycles. The van der Waals surface area contributed by atoms with E-state index in [4.69, 9.17) is 15.9 Å². The van der Waals surface area contributed by atoms with Crippen LogP contribution in [-0.4, -0.2) is 27.1 Å². The van der Waals surface area contributed by atoms with Crippen molar-refractivity contribution in [2.45, 2.75) is 0 Å². The Hall–Kier alpha value is -2.89. The molecule has 0 aliphatic rings. The Bertz CT molecular complexity index is 635. The van der Waals surface area contributed by atoms with Crippen LogP contribution in [0.5, 0.6) is 0 Å². The number of carbonyl (C=O) groups is 2. The zero-order valence-electron chi connectivity index (χ0n) is 9.70. The molecule has 0 saturated heterocycles. The average Bonchev–Trinajstić information content (AvgIpc) is 2.38. The van der Waals surface area contributed by atoms with Crippen molar-refractivity contribution in [3.63, 3.8) is 0 Å². The van der Waals surface area contributed by atoms with E-state index < -0.39 is 11.9 Å². The van der Waals surface area contributed by atoms with Crippen molar-refractivity contribution in [3.8, 4) is 11.1 Å². The number of benzene rings is 1. The van der Waals surface area contributed by atoms with E-state index >= 15 is 0 Å². The highest BCUT2D eigenvalue weighted by Crippen LogP contribution is 2.23.